The third-order valence-electron chi connectivity index (χ3n) is 11.3. The Labute approximate surface area is 325 Å². The standard InChI is InChI=1S/C54H36N2/c1-3-14-37(15-4-1)41-18-13-19-42(36-41)38-26-30-43(31-27-38)55-49-24-11-9-22-47(49)53-51(55)34-35-52-54(53)48-23-10-12-25-50(48)56(52)44-32-28-40(29-33-44)46-21-8-7-20-45(46)39-16-5-2-6-17-39/h1-36H. The van der Waals surface area contributed by atoms with E-state index in [1.165, 1.54) is 88.1 Å². The van der Waals surface area contributed by atoms with E-state index < -0.39 is 0 Å². The van der Waals surface area contributed by atoms with Crippen molar-refractivity contribution in [3.8, 4) is 55.9 Å². The predicted molar refractivity (Wildman–Crippen MR) is 237 cm³/mol. The summed E-state index contributed by atoms with van der Waals surface area (Å²) in [5, 5.41) is 5.06. The van der Waals surface area contributed by atoms with E-state index >= 15 is 0 Å². The summed E-state index contributed by atoms with van der Waals surface area (Å²) >= 11 is 0. The summed E-state index contributed by atoms with van der Waals surface area (Å²) in [4.78, 5) is 0. The van der Waals surface area contributed by atoms with Crippen LogP contribution in [0.3, 0.4) is 0 Å². The first-order valence-corrected chi connectivity index (χ1v) is 19.3. The molecule has 2 nitrogen and oxygen atoms in total. The van der Waals surface area contributed by atoms with Gasteiger partial charge in [-0.2, -0.15) is 0 Å². The summed E-state index contributed by atoms with van der Waals surface area (Å²) in [5.74, 6) is 0. The lowest BCUT2D eigenvalue weighted by Gasteiger charge is -2.13. The van der Waals surface area contributed by atoms with Gasteiger partial charge in [0.25, 0.3) is 0 Å². The highest BCUT2D eigenvalue weighted by atomic mass is 15.0. The van der Waals surface area contributed by atoms with Gasteiger partial charge in [-0.15, -0.1) is 0 Å². The van der Waals surface area contributed by atoms with Crippen molar-refractivity contribution in [2.24, 2.45) is 0 Å². The quantitative estimate of drug-likeness (QED) is 0.162. The second-order valence-electron chi connectivity index (χ2n) is 14.5. The molecule has 0 unspecified atom stereocenters. The van der Waals surface area contributed by atoms with Crippen molar-refractivity contribution >= 4 is 43.6 Å². The molecule has 11 rings (SSSR count). The van der Waals surface area contributed by atoms with E-state index in [2.05, 4.69) is 228 Å². The number of hydrogen-bond acceptors (Lipinski definition) is 0. The lowest BCUT2D eigenvalue weighted by Crippen LogP contribution is -1.95. The molecule has 9 aromatic carbocycles. The van der Waals surface area contributed by atoms with Crippen LogP contribution in [0.4, 0.5) is 0 Å². The van der Waals surface area contributed by atoms with Crippen LogP contribution < -0.4 is 0 Å². The zero-order valence-electron chi connectivity index (χ0n) is 30.7. The van der Waals surface area contributed by atoms with Gasteiger partial charge in [0.15, 0.2) is 0 Å². The van der Waals surface area contributed by atoms with E-state index in [-0.39, 0.29) is 0 Å². The Balaban J connectivity index is 1.04. The van der Waals surface area contributed by atoms with Crippen LogP contribution >= 0.6 is 0 Å². The number of aromatic nitrogens is 2. The minimum Gasteiger partial charge on any atom is -0.309 e. The molecule has 11 aromatic rings. The average Bonchev–Trinajstić information content (AvgIpc) is 3.80. The molecule has 0 aliphatic carbocycles. The van der Waals surface area contributed by atoms with Crippen LogP contribution in [0.25, 0.3) is 99.5 Å². The number of nitrogens with zero attached hydrogens (tertiary/aromatic N) is 2. The molecule has 2 heteroatoms. The minimum absolute atomic E-state index is 1.15. The molecule has 2 heterocycles. The monoisotopic (exact) mass is 712 g/mol. The molecule has 0 atom stereocenters. The van der Waals surface area contributed by atoms with Gasteiger partial charge in [-0.25, -0.2) is 0 Å². The molecule has 0 amide bonds. The van der Waals surface area contributed by atoms with Gasteiger partial charge in [0.05, 0.1) is 22.1 Å². The molecule has 0 fully saturated rings. The fraction of sp³-hybridized carbons (Fsp3) is 0. The van der Waals surface area contributed by atoms with Crippen molar-refractivity contribution in [3.05, 3.63) is 218 Å². The fourth-order valence-corrected chi connectivity index (χ4v) is 8.78. The normalized spacial score (nSPS) is 11.6. The molecule has 0 N–H and O–H groups in total. The van der Waals surface area contributed by atoms with Crippen LogP contribution in [-0.4, -0.2) is 9.13 Å². The van der Waals surface area contributed by atoms with E-state index in [4.69, 9.17) is 0 Å². The van der Waals surface area contributed by atoms with Crippen molar-refractivity contribution in [1.82, 2.24) is 9.13 Å². The smallest absolute Gasteiger partial charge is 0.0548 e. The molecular weight excluding hydrogens is 677 g/mol. The maximum absolute atomic E-state index is 2.43. The van der Waals surface area contributed by atoms with Crippen molar-refractivity contribution in [2.75, 3.05) is 0 Å². The summed E-state index contributed by atoms with van der Waals surface area (Å²) in [7, 11) is 0. The SMILES string of the molecule is c1ccc(-c2cccc(-c3ccc(-n4c5ccccc5c5c6c7ccccc7n(-c7ccc(-c8ccccc8-c8ccccc8)cc7)c6ccc54)cc3)c2)cc1. The Hall–Kier alpha value is -7.42. The summed E-state index contributed by atoms with van der Waals surface area (Å²) in [5.41, 5.74) is 16.9. The summed E-state index contributed by atoms with van der Waals surface area (Å²) in [6, 6.07) is 79.2. The molecule has 2 aromatic heterocycles. The van der Waals surface area contributed by atoms with Gasteiger partial charge in [0.2, 0.25) is 0 Å². The van der Waals surface area contributed by atoms with Gasteiger partial charge in [-0.05, 0) is 99.1 Å². The van der Waals surface area contributed by atoms with Gasteiger partial charge >= 0.3 is 0 Å². The number of para-hydroxylation sites is 2. The maximum atomic E-state index is 2.43. The Bertz CT molecular complexity index is 3200. The van der Waals surface area contributed by atoms with Gasteiger partial charge in [-0.3, -0.25) is 0 Å². The lowest BCUT2D eigenvalue weighted by molar-refractivity contribution is 1.17. The highest BCUT2D eigenvalue weighted by Gasteiger charge is 2.20. The number of rotatable bonds is 6. The zero-order valence-corrected chi connectivity index (χ0v) is 30.7. The Morgan fingerprint density at radius 1 is 0.232 bits per heavy atom. The molecule has 0 aliphatic heterocycles. The first kappa shape index (κ1) is 32.0. The number of benzene rings is 9. The number of hydrogen-bond donors (Lipinski definition) is 0. The van der Waals surface area contributed by atoms with Crippen LogP contribution in [0.1, 0.15) is 0 Å². The van der Waals surface area contributed by atoms with Crippen LogP contribution in [0, 0.1) is 0 Å². The molecule has 56 heavy (non-hydrogen) atoms. The third kappa shape index (κ3) is 5.19. The van der Waals surface area contributed by atoms with E-state index in [1.807, 2.05) is 0 Å². The molecule has 0 radical (unpaired) electrons. The molecule has 0 saturated carbocycles. The van der Waals surface area contributed by atoms with Gasteiger partial charge in [0, 0.05) is 32.9 Å². The fourth-order valence-electron chi connectivity index (χ4n) is 8.78. The third-order valence-corrected chi connectivity index (χ3v) is 11.3. The first-order valence-electron chi connectivity index (χ1n) is 19.3. The van der Waals surface area contributed by atoms with Crippen molar-refractivity contribution in [1.29, 1.82) is 0 Å². The molecule has 0 saturated heterocycles. The topological polar surface area (TPSA) is 9.86 Å². The molecular formula is C54H36N2. The van der Waals surface area contributed by atoms with Crippen LogP contribution in [0.5, 0.6) is 0 Å². The maximum Gasteiger partial charge on any atom is 0.0548 e. The highest BCUT2D eigenvalue weighted by molar-refractivity contribution is 6.28. The minimum atomic E-state index is 1.15. The molecule has 0 aliphatic rings. The summed E-state index contributed by atoms with van der Waals surface area (Å²) in [6.45, 7) is 0. The van der Waals surface area contributed by atoms with Crippen LogP contribution in [0.2, 0.25) is 0 Å². The van der Waals surface area contributed by atoms with Crippen molar-refractivity contribution in [3.63, 3.8) is 0 Å². The molecule has 262 valence electrons. The summed E-state index contributed by atoms with van der Waals surface area (Å²) in [6.07, 6.45) is 0. The number of fused-ring (bicyclic) bond motifs is 7. The van der Waals surface area contributed by atoms with E-state index in [0.29, 0.717) is 0 Å². The Kier molecular flexibility index (Phi) is 7.53. The second-order valence-corrected chi connectivity index (χ2v) is 14.5. The van der Waals surface area contributed by atoms with Gasteiger partial charge in [-0.1, -0.05) is 164 Å². The largest absolute Gasteiger partial charge is 0.309 e. The average molecular weight is 713 g/mol. The zero-order chi connectivity index (χ0) is 37.0. The summed E-state index contributed by atoms with van der Waals surface area (Å²) < 4.78 is 4.86. The van der Waals surface area contributed by atoms with Gasteiger partial charge in [0.1, 0.15) is 0 Å². The van der Waals surface area contributed by atoms with Crippen molar-refractivity contribution in [2.45, 2.75) is 0 Å². The van der Waals surface area contributed by atoms with Gasteiger partial charge < -0.3 is 9.13 Å². The van der Waals surface area contributed by atoms with Crippen LogP contribution in [0.15, 0.2) is 218 Å². The van der Waals surface area contributed by atoms with Crippen molar-refractivity contribution < 1.29 is 0 Å². The lowest BCUT2D eigenvalue weighted by atomic mass is 9.94. The van der Waals surface area contributed by atoms with E-state index in [0.717, 1.165) is 11.4 Å². The predicted octanol–water partition coefficient (Wildman–Crippen LogP) is 14.5. The Morgan fingerprint density at radius 2 is 0.607 bits per heavy atom. The second kappa shape index (κ2) is 13.2. The Morgan fingerprint density at radius 3 is 1.12 bits per heavy atom. The van der Waals surface area contributed by atoms with E-state index in [9.17, 15) is 0 Å². The first-order chi connectivity index (χ1) is 27.8. The van der Waals surface area contributed by atoms with E-state index in [1.54, 1.807) is 0 Å². The molecule has 0 spiro atoms. The van der Waals surface area contributed by atoms with Crippen LogP contribution in [-0.2, 0) is 0 Å². The highest BCUT2D eigenvalue weighted by Crippen LogP contribution is 2.43. The molecule has 0 bridgehead atoms.